The first-order valence-electron chi connectivity index (χ1n) is 7.31. The van der Waals surface area contributed by atoms with Crippen LogP contribution >= 0.6 is 11.6 Å². The first-order chi connectivity index (χ1) is 11.2. The molecule has 9 heteroatoms. The molecule has 1 saturated heterocycles. The number of hydrogen-bond acceptors (Lipinski definition) is 6. The molecule has 1 aliphatic heterocycles. The molecule has 0 bridgehead atoms. The number of carbonyl (C=O) groups is 1. The number of tetrazole rings is 1. The number of nitrogens with one attached hydrogen (secondary N) is 1. The molecule has 1 amide bonds. The zero-order chi connectivity index (χ0) is 16.1. The van der Waals surface area contributed by atoms with E-state index in [1.54, 1.807) is 30.5 Å². The Kier molecular flexibility index (Phi) is 4.82. The minimum absolute atomic E-state index is 0.0290. The van der Waals surface area contributed by atoms with E-state index in [0.717, 1.165) is 31.5 Å². The third-order valence-corrected chi connectivity index (χ3v) is 3.64. The van der Waals surface area contributed by atoms with Gasteiger partial charge in [0.2, 0.25) is 0 Å². The van der Waals surface area contributed by atoms with Gasteiger partial charge in [-0.3, -0.25) is 4.79 Å². The van der Waals surface area contributed by atoms with Crippen molar-refractivity contribution >= 4 is 29.7 Å². The lowest BCUT2D eigenvalue weighted by molar-refractivity contribution is -0.122. The summed E-state index contributed by atoms with van der Waals surface area (Å²) in [4.78, 5) is 15.1. The van der Waals surface area contributed by atoms with Crippen LogP contribution in [-0.2, 0) is 11.3 Å². The van der Waals surface area contributed by atoms with E-state index in [1.165, 1.54) is 4.80 Å². The highest BCUT2D eigenvalue weighted by molar-refractivity contribution is 6.30. The maximum atomic E-state index is 11.8. The van der Waals surface area contributed by atoms with Gasteiger partial charge in [-0.1, -0.05) is 28.8 Å². The Balaban J connectivity index is 1.50. The lowest BCUT2D eigenvalue weighted by atomic mass is 10.2. The van der Waals surface area contributed by atoms with Crippen molar-refractivity contribution in [2.24, 2.45) is 5.10 Å². The standard InChI is InChI=1S/C14H16ClN7O/c15-12-5-3-11(4-6-12)9-16-17-13(23)10-22-19-14(18-20-22)21-7-1-2-8-21/h3-6,9H,1-2,7-8,10H2,(H,17,23). The van der Waals surface area contributed by atoms with E-state index in [1.807, 2.05) is 0 Å². The molecule has 1 fully saturated rings. The maximum Gasteiger partial charge on any atom is 0.266 e. The number of benzene rings is 1. The highest BCUT2D eigenvalue weighted by Crippen LogP contribution is 2.13. The average Bonchev–Trinajstić information content (AvgIpc) is 3.20. The van der Waals surface area contributed by atoms with Crippen molar-refractivity contribution in [2.75, 3.05) is 18.0 Å². The van der Waals surface area contributed by atoms with Crippen LogP contribution in [0.1, 0.15) is 18.4 Å². The van der Waals surface area contributed by atoms with Crippen LogP contribution in [0.4, 0.5) is 5.95 Å². The summed E-state index contributed by atoms with van der Waals surface area (Å²) >= 11 is 5.80. The van der Waals surface area contributed by atoms with Crippen LogP contribution in [0, 0.1) is 0 Å². The van der Waals surface area contributed by atoms with Crippen molar-refractivity contribution in [1.29, 1.82) is 0 Å². The number of hydrogen-bond donors (Lipinski definition) is 1. The first-order valence-corrected chi connectivity index (χ1v) is 7.69. The Morgan fingerprint density at radius 1 is 1.30 bits per heavy atom. The molecular formula is C14H16ClN7O. The van der Waals surface area contributed by atoms with Crippen molar-refractivity contribution in [1.82, 2.24) is 25.6 Å². The second-order valence-corrected chi connectivity index (χ2v) is 5.60. The minimum atomic E-state index is -0.319. The predicted molar refractivity (Wildman–Crippen MR) is 86.5 cm³/mol. The fraction of sp³-hybridized carbons (Fsp3) is 0.357. The molecule has 3 rings (SSSR count). The largest absolute Gasteiger partial charge is 0.338 e. The number of aromatic nitrogens is 4. The molecule has 23 heavy (non-hydrogen) atoms. The molecule has 1 aromatic carbocycles. The van der Waals surface area contributed by atoms with Crippen LogP contribution < -0.4 is 10.3 Å². The predicted octanol–water partition coefficient (Wildman–Crippen LogP) is 1.08. The average molecular weight is 334 g/mol. The van der Waals surface area contributed by atoms with Crippen molar-refractivity contribution in [3.8, 4) is 0 Å². The molecule has 0 radical (unpaired) electrons. The summed E-state index contributed by atoms with van der Waals surface area (Å²) in [6.45, 7) is 1.84. The van der Waals surface area contributed by atoms with Crippen LogP contribution in [0.25, 0.3) is 0 Å². The number of anilines is 1. The van der Waals surface area contributed by atoms with Gasteiger partial charge in [0.05, 0.1) is 6.21 Å². The lowest BCUT2D eigenvalue weighted by Crippen LogP contribution is -2.25. The first kappa shape index (κ1) is 15.4. The lowest BCUT2D eigenvalue weighted by Gasteiger charge is -2.09. The second-order valence-electron chi connectivity index (χ2n) is 5.16. The molecule has 2 heterocycles. The van der Waals surface area contributed by atoms with Crippen LogP contribution in [0.15, 0.2) is 29.4 Å². The van der Waals surface area contributed by atoms with Crippen molar-refractivity contribution < 1.29 is 4.79 Å². The molecule has 0 unspecified atom stereocenters. The molecule has 1 aromatic heterocycles. The van der Waals surface area contributed by atoms with Gasteiger partial charge >= 0.3 is 0 Å². The Hall–Kier alpha value is -2.48. The van der Waals surface area contributed by atoms with E-state index in [-0.39, 0.29) is 12.5 Å². The maximum absolute atomic E-state index is 11.8. The molecular weight excluding hydrogens is 318 g/mol. The topological polar surface area (TPSA) is 88.3 Å². The molecule has 1 aliphatic rings. The summed E-state index contributed by atoms with van der Waals surface area (Å²) in [7, 11) is 0. The summed E-state index contributed by atoms with van der Waals surface area (Å²) in [6.07, 6.45) is 3.81. The zero-order valence-corrected chi connectivity index (χ0v) is 13.1. The third-order valence-electron chi connectivity index (χ3n) is 3.39. The molecule has 2 aromatic rings. The number of nitrogens with zero attached hydrogens (tertiary/aromatic N) is 6. The van der Waals surface area contributed by atoms with Gasteiger partial charge in [0.1, 0.15) is 6.54 Å². The normalized spacial score (nSPS) is 14.6. The third kappa shape index (κ3) is 4.26. The monoisotopic (exact) mass is 333 g/mol. The summed E-state index contributed by atoms with van der Waals surface area (Å²) < 4.78 is 0. The van der Waals surface area contributed by atoms with E-state index in [9.17, 15) is 4.79 Å². The number of hydrazone groups is 1. The molecule has 1 N–H and O–H groups in total. The van der Waals surface area contributed by atoms with Crippen molar-refractivity contribution in [3.05, 3.63) is 34.9 Å². The Labute approximate surface area is 138 Å². The van der Waals surface area contributed by atoms with Gasteiger partial charge in [0, 0.05) is 18.1 Å². The highest BCUT2D eigenvalue weighted by atomic mass is 35.5. The molecule has 120 valence electrons. The summed E-state index contributed by atoms with van der Waals surface area (Å²) in [5.41, 5.74) is 3.27. The molecule has 0 aliphatic carbocycles. The summed E-state index contributed by atoms with van der Waals surface area (Å²) in [6, 6.07) is 7.12. The molecule has 8 nitrogen and oxygen atoms in total. The van der Waals surface area contributed by atoms with Gasteiger partial charge in [-0.25, -0.2) is 5.43 Å². The van der Waals surface area contributed by atoms with Gasteiger partial charge in [0.15, 0.2) is 0 Å². The number of rotatable bonds is 5. The smallest absolute Gasteiger partial charge is 0.266 e. The summed E-state index contributed by atoms with van der Waals surface area (Å²) in [5.74, 6) is 0.251. The van der Waals surface area contributed by atoms with Gasteiger partial charge in [-0.2, -0.15) is 9.90 Å². The Morgan fingerprint density at radius 3 is 2.78 bits per heavy atom. The highest BCUT2D eigenvalue weighted by Gasteiger charge is 2.17. The fourth-order valence-electron chi connectivity index (χ4n) is 2.24. The van der Waals surface area contributed by atoms with E-state index in [2.05, 4.69) is 30.8 Å². The Bertz CT molecular complexity index is 691. The molecule has 0 saturated carbocycles. The van der Waals surface area contributed by atoms with Gasteiger partial charge in [-0.15, -0.1) is 5.10 Å². The number of carbonyl (C=O) groups excluding carboxylic acids is 1. The van der Waals surface area contributed by atoms with Gasteiger partial charge < -0.3 is 4.90 Å². The molecule has 0 spiro atoms. The second kappa shape index (κ2) is 7.19. The molecule has 0 atom stereocenters. The van der Waals surface area contributed by atoms with Crippen molar-refractivity contribution in [3.63, 3.8) is 0 Å². The zero-order valence-electron chi connectivity index (χ0n) is 12.4. The number of amides is 1. The number of halogens is 1. The van der Waals surface area contributed by atoms with Gasteiger partial charge in [0.25, 0.3) is 11.9 Å². The SMILES string of the molecule is O=C(Cn1nnc(N2CCCC2)n1)NN=Cc1ccc(Cl)cc1. The van der Waals surface area contributed by atoms with E-state index in [4.69, 9.17) is 11.6 Å². The van der Waals surface area contributed by atoms with Gasteiger partial charge in [-0.05, 0) is 35.8 Å². The fourth-order valence-corrected chi connectivity index (χ4v) is 2.36. The van der Waals surface area contributed by atoms with Crippen molar-refractivity contribution in [2.45, 2.75) is 19.4 Å². The van der Waals surface area contributed by atoms with Crippen LogP contribution in [0.2, 0.25) is 5.02 Å². The van der Waals surface area contributed by atoms with E-state index >= 15 is 0 Å². The summed E-state index contributed by atoms with van der Waals surface area (Å²) in [5, 5.41) is 16.6. The van der Waals surface area contributed by atoms with Crippen LogP contribution in [0.5, 0.6) is 0 Å². The van der Waals surface area contributed by atoms with E-state index < -0.39 is 0 Å². The quantitative estimate of drug-likeness (QED) is 0.653. The van der Waals surface area contributed by atoms with Crippen LogP contribution in [0.3, 0.4) is 0 Å². The Morgan fingerprint density at radius 2 is 2.04 bits per heavy atom. The minimum Gasteiger partial charge on any atom is -0.338 e. The van der Waals surface area contributed by atoms with E-state index in [0.29, 0.717) is 11.0 Å². The van der Waals surface area contributed by atoms with Crippen LogP contribution in [-0.4, -0.2) is 45.4 Å².